The van der Waals surface area contributed by atoms with Crippen molar-refractivity contribution in [3.63, 3.8) is 0 Å². The molecule has 3 saturated heterocycles. The molecular formula is C38H60O17. The van der Waals surface area contributed by atoms with E-state index < -0.39 is 122 Å². The van der Waals surface area contributed by atoms with Gasteiger partial charge in [-0.2, -0.15) is 0 Å². The average molecular weight is 789 g/mol. The minimum Gasteiger partial charge on any atom is -0.432 e. The van der Waals surface area contributed by atoms with Gasteiger partial charge in [-0.3, -0.25) is 4.79 Å². The lowest BCUT2D eigenvalue weighted by Crippen LogP contribution is -2.65. The second-order valence-corrected chi connectivity index (χ2v) is 18.0. The molecule has 55 heavy (non-hydrogen) atoms. The largest absolute Gasteiger partial charge is 0.432 e. The van der Waals surface area contributed by atoms with Gasteiger partial charge in [-0.25, -0.2) is 0 Å². The number of carbonyl (C=O) groups excluding carboxylic acids is 1. The Labute approximate surface area is 319 Å². The summed E-state index contributed by atoms with van der Waals surface area (Å²) >= 11 is 0. The number of hydrogen-bond donors (Lipinski definition) is 10. The number of fused-ring (bicyclic) bond motifs is 3. The van der Waals surface area contributed by atoms with Gasteiger partial charge < -0.3 is 79.5 Å². The molecule has 7 rings (SSSR count). The first kappa shape index (κ1) is 41.8. The van der Waals surface area contributed by atoms with Crippen molar-refractivity contribution in [3.05, 3.63) is 12.2 Å². The van der Waals surface area contributed by atoms with Crippen LogP contribution in [0.2, 0.25) is 0 Å². The Balaban J connectivity index is 1.10. The summed E-state index contributed by atoms with van der Waals surface area (Å²) in [5.74, 6) is -0.536. The van der Waals surface area contributed by atoms with Gasteiger partial charge in [0, 0.05) is 0 Å². The summed E-state index contributed by atoms with van der Waals surface area (Å²) in [6.07, 6.45) is -16.2. The number of carbonyl (C=O) groups is 1. The van der Waals surface area contributed by atoms with Crippen LogP contribution in [0, 0.1) is 28.1 Å². The molecule has 0 aromatic heterocycles. The van der Waals surface area contributed by atoms with E-state index >= 15 is 0 Å². The number of esters is 1. The molecule has 21 atom stereocenters. The first-order valence-corrected chi connectivity index (χ1v) is 19.7. The molecule has 3 heterocycles. The predicted molar refractivity (Wildman–Crippen MR) is 185 cm³/mol. The quantitative estimate of drug-likeness (QED) is 0.0730. The topological polar surface area (TPSA) is 275 Å². The van der Waals surface area contributed by atoms with E-state index in [2.05, 4.69) is 13.5 Å². The second-order valence-electron chi connectivity index (χ2n) is 18.0. The molecule has 0 amide bonds. The smallest absolute Gasteiger partial charge is 0.314 e. The summed E-state index contributed by atoms with van der Waals surface area (Å²) in [4.78, 5) is 14.1. The molecule has 2 bridgehead atoms. The van der Waals surface area contributed by atoms with E-state index in [1.165, 1.54) is 6.92 Å². The molecular weight excluding hydrogens is 728 g/mol. The van der Waals surface area contributed by atoms with Gasteiger partial charge in [0.1, 0.15) is 67.1 Å². The third-order valence-electron chi connectivity index (χ3n) is 14.9. The summed E-state index contributed by atoms with van der Waals surface area (Å²) < 4.78 is 35.8. The molecule has 17 nitrogen and oxygen atoms in total. The maximum Gasteiger partial charge on any atom is 0.314 e. The van der Waals surface area contributed by atoms with E-state index in [4.69, 9.17) is 28.4 Å². The fourth-order valence-corrected chi connectivity index (χ4v) is 12.0. The Hall–Kier alpha value is -1.39. The van der Waals surface area contributed by atoms with Gasteiger partial charge in [0.2, 0.25) is 6.29 Å². The highest BCUT2D eigenvalue weighted by molar-refractivity contribution is 5.77. The Bertz CT molecular complexity index is 1430. The molecule has 0 radical (unpaired) electrons. The van der Waals surface area contributed by atoms with Crippen LogP contribution in [0.3, 0.4) is 0 Å². The van der Waals surface area contributed by atoms with Crippen LogP contribution in [0.15, 0.2) is 12.2 Å². The van der Waals surface area contributed by atoms with Crippen LogP contribution in [-0.4, -0.2) is 168 Å². The zero-order chi connectivity index (χ0) is 40.0. The highest BCUT2D eigenvalue weighted by atomic mass is 16.8. The van der Waals surface area contributed by atoms with Crippen LogP contribution in [-0.2, 0) is 33.2 Å². The van der Waals surface area contributed by atoms with Crippen molar-refractivity contribution in [2.24, 2.45) is 28.1 Å². The van der Waals surface area contributed by atoms with E-state index in [1.54, 1.807) is 0 Å². The predicted octanol–water partition coefficient (Wildman–Crippen LogP) is -1.91. The average Bonchev–Trinajstić information content (AvgIpc) is 3.35. The van der Waals surface area contributed by atoms with Crippen molar-refractivity contribution < 1.29 is 84.3 Å². The molecule has 0 aromatic carbocycles. The Morgan fingerprint density at radius 1 is 0.727 bits per heavy atom. The molecule has 314 valence electrons. The normalized spacial score (nSPS) is 55.4. The van der Waals surface area contributed by atoms with Crippen molar-refractivity contribution >= 4 is 5.97 Å². The van der Waals surface area contributed by atoms with Crippen molar-refractivity contribution in [1.29, 1.82) is 0 Å². The van der Waals surface area contributed by atoms with Crippen LogP contribution in [0.5, 0.6) is 0 Å². The van der Waals surface area contributed by atoms with Crippen molar-refractivity contribution in [1.82, 2.24) is 0 Å². The monoisotopic (exact) mass is 788 g/mol. The number of ether oxygens (including phenoxy) is 6. The third-order valence-corrected chi connectivity index (χ3v) is 14.9. The van der Waals surface area contributed by atoms with Gasteiger partial charge in [0.15, 0.2) is 12.6 Å². The van der Waals surface area contributed by atoms with Gasteiger partial charge in [0.05, 0.1) is 30.3 Å². The fraction of sp³-hybridized carbons (Fsp3) is 0.921. The SMILES string of the molecule is C=C1C[C@]23CC[C@@H]4[C@](C)(CCC[C@]4(C)C(=O)O[C@H]4O[C@@H](CO)[C@H](O)[C@@H](O)[C@@H]4O)[C@H]2CC[C@@]1(O[C@H]1O[C@@H](CO)[C@H](O)[C@@H](O)[C@@H]1O[C@H]1O[C@H](C)[C@@H](O)[C@H](O)[C@@H]1O)C3. The summed E-state index contributed by atoms with van der Waals surface area (Å²) in [6.45, 7) is 8.81. The van der Waals surface area contributed by atoms with Crippen LogP contribution < -0.4 is 0 Å². The zero-order valence-corrected chi connectivity index (χ0v) is 31.6. The van der Waals surface area contributed by atoms with Crippen LogP contribution >= 0.6 is 0 Å². The number of aliphatic hydroxyl groups is 10. The molecule has 7 aliphatic rings. The fourth-order valence-electron chi connectivity index (χ4n) is 12.0. The third kappa shape index (κ3) is 6.63. The maximum atomic E-state index is 14.1. The van der Waals surface area contributed by atoms with Crippen molar-refractivity contribution in [3.8, 4) is 0 Å². The van der Waals surface area contributed by atoms with Crippen LogP contribution in [0.4, 0.5) is 0 Å². The van der Waals surface area contributed by atoms with E-state index in [-0.39, 0.29) is 22.7 Å². The van der Waals surface area contributed by atoms with Gasteiger partial charge >= 0.3 is 5.97 Å². The summed E-state index contributed by atoms with van der Waals surface area (Å²) in [6, 6.07) is 0. The Kier molecular flexibility index (Phi) is 11.4. The Morgan fingerprint density at radius 2 is 1.33 bits per heavy atom. The molecule has 4 saturated carbocycles. The van der Waals surface area contributed by atoms with Crippen molar-refractivity contribution in [2.75, 3.05) is 13.2 Å². The number of rotatable bonds is 8. The van der Waals surface area contributed by atoms with Crippen LogP contribution in [0.1, 0.15) is 78.6 Å². The summed E-state index contributed by atoms with van der Waals surface area (Å²) in [5, 5.41) is 104. The van der Waals surface area contributed by atoms with Gasteiger partial charge in [-0.1, -0.05) is 19.9 Å². The van der Waals surface area contributed by atoms with Gasteiger partial charge in [-0.05, 0) is 93.5 Å². The minimum atomic E-state index is -1.70. The van der Waals surface area contributed by atoms with Crippen LogP contribution in [0.25, 0.3) is 0 Å². The lowest BCUT2D eigenvalue weighted by Gasteiger charge is -2.64. The molecule has 3 aliphatic heterocycles. The first-order chi connectivity index (χ1) is 25.9. The van der Waals surface area contributed by atoms with E-state index in [9.17, 15) is 55.9 Å². The maximum absolute atomic E-state index is 14.1. The summed E-state index contributed by atoms with van der Waals surface area (Å²) in [7, 11) is 0. The molecule has 4 aliphatic carbocycles. The van der Waals surface area contributed by atoms with Crippen molar-refractivity contribution in [2.45, 2.75) is 176 Å². The zero-order valence-electron chi connectivity index (χ0n) is 31.6. The molecule has 0 unspecified atom stereocenters. The highest BCUT2D eigenvalue weighted by Gasteiger charge is 2.69. The lowest BCUT2D eigenvalue weighted by atomic mass is 9.41. The minimum absolute atomic E-state index is 0.108. The highest BCUT2D eigenvalue weighted by Crippen LogP contribution is 2.73. The van der Waals surface area contributed by atoms with Gasteiger partial charge in [-0.15, -0.1) is 0 Å². The molecule has 17 heteroatoms. The molecule has 10 N–H and O–H groups in total. The number of hydrogen-bond acceptors (Lipinski definition) is 17. The standard InChI is InChI=1S/C38H60O17/c1-16-12-37-10-6-20-35(3,8-5-9-36(20,4)34(49)54-32-29(48)26(45)23(42)18(13-39)51-32)21(37)7-11-38(16,15-37)55-33-30(27(46)24(43)19(14-40)52-33)53-31-28(47)25(44)22(41)17(2)50-31/h17-33,39-48H,1,5-15H2,2-4H3/t17-,18+,19+,20-,21-,22-,23+,24+,25+,26-,27-,28+,29+,30+,31-,32-,33-,35+,36+,37+,38-/m1/s1. The number of aliphatic hydroxyl groups excluding tert-OH is 10. The van der Waals surface area contributed by atoms with E-state index in [0.29, 0.717) is 38.5 Å². The Morgan fingerprint density at radius 3 is 2.00 bits per heavy atom. The van der Waals surface area contributed by atoms with Gasteiger partial charge in [0.25, 0.3) is 0 Å². The molecule has 7 fully saturated rings. The molecule has 0 aromatic rings. The van der Waals surface area contributed by atoms with E-state index in [1.807, 2.05) is 6.92 Å². The molecule has 1 spiro atoms. The van der Waals surface area contributed by atoms with E-state index in [0.717, 1.165) is 24.8 Å². The first-order valence-electron chi connectivity index (χ1n) is 19.7. The lowest BCUT2D eigenvalue weighted by molar-refractivity contribution is -0.376. The second kappa shape index (κ2) is 15.0. The summed E-state index contributed by atoms with van der Waals surface area (Å²) in [5.41, 5.74) is -1.66.